The van der Waals surface area contributed by atoms with Gasteiger partial charge in [0.15, 0.2) is 0 Å². The first-order valence-corrected chi connectivity index (χ1v) is 6.69. The number of nitrogens with two attached hydrogens (primary N) is 1. The predicted octanol–water partition coefficient (Wildman–Crippen LogP) is 2.81. The third kappa shape index (κ3) is 3.91. The van der Waals surface area contributed by atoms with Gasteiger partial charge in [0.2, 0.25) is 5.91 Å². The summed E-state index contributed by atoms with van der Waals surface area (Å²) in [7, 11) is 1.60. The first-order valence-electron chi connectivity index (χ1n) is 6.31. The maximum Gasteiger partial charge on any atom is 0.239 e. The number of likely N-dealkylation sites (N-methyl/N-ethyl adjacent to an activating group) is 1. The Hall–Kier alpha value is -1.13. The highest BCUT2D eigenvalue weighted by atomic mass is 35.5. The Morgan fingerprint density at radius 2 is 2.16 bits per heavy atom. The van der Waals surface area contributed by atoms with Crippen LogP contribution in [-0.4, -0.2) is 23.9 Å². The van der Waals surface area contributed by atoms with E-state index in [9.17, 15) is 9.18 Å². The number of rotatable bonds is 5. The van der Waals surface area contributed by atoms with Crippen LogP contribution in [0.2, 0.25) is 5.02 Å². The average Bonchev–Trinajstić information content (AvgIpc) is 2.40. The van der Waals surface area contributed by atoms with Gasteiger partial charge in [-0.1, -0.05) is 37.9 Å². The van der Waals surface area contributed by atoms with E-state index in [4.69, 9.17) is 17.3 Å². The van der Waals surface area contributed by atoms with Crippen molar-refractivity contribution in [3.8, 4) is 0 Å². The van der Waals surface area contributed by atoms with E-state index < -0.39 is 11.9 Å². The quantitative estimate of drug-likeness (QED) is 0.905. The molecule has 0 saturated carbocycles. The van der Waals surface area contributed by atoms with Crippen LogP contribution in [0, 0.1) is 11.7 Å². The summed E-state index contributed by atoms with van der Waals surface area (Å²) in [6.45, 7) is 4.02. The van der Waals surface area contributed by atoms with Crippen molar-refractivity contribution in [2.45, 2.75) is 32.9 Å². The smallest absolute Gasteiger partial charge is 0.239 e. The fraction of sp³-hybridized carbons (Fsp3) is 0.500. The molecule has 0 spiro atoms. The molecule has 0 fully saturated rings. The highest BCUT2D eigenvalue weighted by Crippen LogP contribution is 2.21. The molecular formula is C14H20ClFN2O. The van der Waals surface area contributed by atoms with Gasteiger partial charge in [-0.25, -0.2) is 4.39 Å². The van der Waals surface area contributed by atoms with Crippen molar-refractivity contribution >= 4 is 17.5 Å². The van der Waals surface area contributed by atoms with Crippen molar-refractivity contribution in [1.82, 2.24) is 4.90 Å². The van der Waals surface area contributed by atoms with Crippen LogP contribution in [0.4, 0.5) is 4.39 Å². The molecule has 3 nitrogen and oxygen atoms in total. The average molecular weight is 287 g/mol. The number of hydrogen-bond donors (Lipinski definition) is 1. The summed E-state index contributed by atoms with van der Waals surface area (Å²) in [6.07, 6.45) is 0.821. The minimum absolute atomic E-state index is 0.0889. The highest BCUT2D eigenvalue weighted by Gasteiger charge is 2.23. The molecule has 19 heavy (non-hydrogen) atoms. The standard InChI is InChI=1S/C14H20ClFN2O/c1-4-9(2)13(17)14(19)18(3)8-10-11(15)6-5-7-12(10)16/h5-7,9,13H,4,8,17H2,1-3H3/t9-,13-/m0/s1. The summed E-state index contributed by atoms with van der Waals surface area (Å²) in [6, 6.07) is 3.90. The fourth-order valence-corrected chi connectivity index (χ4v) is 1.97. The Morgan fingerprint density at radius 3 is 2.68 bits per heavy atom. The zero-order valence-corrected chi connectivity index (χ0v) is 12.2. The second-order valence-corrected chi connectivity index (χ2v) is 5.21. The molecule has 1 amide bonds. The monoisotopic (exact) mass is 286 g/mol. The molecule has 5 heteroatoms. The number of carbonyl (C=O) groups is 1. The number of carbonyl (C=O) groups excluding carboxylic acids is 1. The van der Waals surface area contributed by atoms with Gasteiger partial charge in [0, 0.05) is 24.2 Å². The van der Waals surface area contributed by atoms with Gasteiger partial charge < -0.3 is 10.6 Å². The lowest BCUT2D eigenvalue weighted by Crippen LogP contribution is -2.45. The van der Waals surface area contributed by atoms with E-state index in [0.29, 0.717) is 10.6 Å². The molecule has 106 valence electrons. The van der Waals surface area contributed by atoms with Gasteiger partial charge in [-0.15, -0.1) is 0 Å². The summed E-state index contributed by atoms with van der Waals surface area (Å²) in [5.41, 5.74) is 6.20. The lowest BCUT2D eigenvalue weighted by atomic mass is 9.99. The second-order valence-electron chi connectivity index (χ2n) is 4.81. The first-order chi connectivity index (χ1) is 8.88. The van der Waals surface area contributed by atoms with Crippen LogP contribution in [0.15, 0.2) is 18.2 Å². The molecule has 2 atom stereocenters. The molecule has 2 N–H and O–H groups in total. The largest absolute Gasteiger partial charge is 0.340 e. The van der Waals surface area contributed by atoms with Crippen molar-refractivity contribution in [3.05, 3.63) is 34.6 Å². The Kier molecular flexibility index (Phi) is 5.76. The SMILES string of the molecule is CC[C@H](C)[C@H](N)C(=O)N(C)Cc1c(F)cccc1Cl. The van der Waals surface area contributed by atoms with Gasteiger partial charge in [0.1, 0.15) is 5.82 Å². The fourth-order valence-electron chi connectivity index (χ4n) is 1.75. The molecule has 0 bridgehead atoms. The van der Waals surface area contributed by atoms with E-state index >= 15 is 0 Å². The van der Waals surface area contributed by atoms with E-state index in [0.717, 1.165) is 6.42 Å². The Balaban J connectivity index is 2.80. The summed E-state index contributed by atoms with van der Waals surface area (Å²) in [4.78, 5) is 13.5. The van der Waals surface area contributed by atoms with Crippen LogP contribution < -0.4 is 5.73 Å². The van der Waals surface area contributed by atoms with Gasteiger partial charge in [-0.3, -0.25) is 4.79 Å². The van der Waals surface area contributed by atoms with Crippen molar-refractivity contribution in [3.63, 3.8) is 0 Å². The summed E-state index contributed by atoms with van der Waals surface area (Å²) in [5.74, 6) is -0.524. The van der Waals surface area contributed by atoms with Gasteiger partial charge >= 0.3 is 0 Å². The maximum atomic E-state index is 13.6. The lowest BCUT2D eigenvalue weighted by Gasteiger charge is -2.25. The van der Waals surface area contributed by atoms with Gasteiger partial charge in [-0.05, 0) is 18.1 Å². The minimum atomic E-state index is -0.569. The van der Waals surface area contributed by atoms with E-state index in [2.05, 4.69) is 0 Å². The van der Waals surface area contributed by atoms with Gasteiger partial charge in [-0.2, -0.15) is 0 Å². The highest BCUT2D eigenvalue weighted by molar-refractivity contribution is 6.31. The van der Waals surface area contributed by atoms with Crippen LogP contribution in [-0.2, 0) is 11.3 Å². The van der Waals surface area contributed by atoms with E-state index in [-0.39, 0.29) is 18.4 Å². The molecule has 0 aromatic heterocycles. The molecule has 1 aromatic rings. The predicted molar refractivity (Wildman–Crippen MR) is 75.3 cm³/mol. The molecular weight excluding hydrogens is 267 g/mol. The molecule has 0 aliphatic carbocycles. The normalized spacial score (nSPS) is 14.0. The van der Waals surface area contributed by atoms with Crippen molar-refractivity contribution in [2.24, 2.45) is 11.7 Å². The van der Waals surface area contributed by atoms with Crippen LogP contribution in [0.1, 0.15) is 25.8 Å². The Morgan fingerprint density at radius 1 is 1.53 bits per heavy atom. The van der Waals surface area contributed by atoms with Crippen molar-refractivity contribution < 1.29 is 9.18 Å². The van der Waals surface area contributed by atoms with Gasteiger partial charge in [0.25, 0.3) is 0 Å². The summed E-state index contributed by atoms with van der Waals surface area (Å²) < 4.78 is 13.6. The zero-order valence-electron chi connectivity index (χ0n) is 11.5. The lowest BCUT2D eigenvalue weighted by molar-refractivity contribution is -0.133. The van der Waals surface area contributed by atoms with Crippen LogP contribution >= 0.6 is 11.6 Å². The molecule has 1 rings (SSSR count). The Bertz CT molecular complexity index is 433. The first kappa shape index (κ1) is 15.9. The van der Waals surface area contributed by atoms with Crippen LogP contribution in [0.25, 0.3) is 0 Å². The third-order valence-electron chi connectivity index (χ3n) is 3.38. The van der Waals surface area contributed by atoms with E-state index in [1.807, 2.05) is 13.8 Å². The van der Waals surface area contributed by atoms with E-state index in [1.165, 1.54) is 17.0 Å². The molecule has 0 aliphatic rings. The summed E-state index contributed by atoms with van der Waals surface area (Å²) >= 11 is 5.94. The molecule has 0 unspecified atom stereocenters. The Labute approximate surface area is 118 Å². The topological polar surface area (TPSA) is 46.3 Å². The van der Waals surface area contributed by atoms with Crippen molar-refractivity contribution in [1.29, 1.82) is 0 Å². The number of benzene rings is 1. The van der Waals surface area contributed by atoms with Crippen LogP contribution in [0.5, 0.6) is 0 Å². The third-order valence-corrected chi connectivity index (χ3v) is 3.73. The number of halogens is 2. The molecule has 0 aliphatic heterocycles. The number of hydrogen-bond acceptors (Lipinski definition) is 2. The number of nitrogens with zero attached hydrogens (tertiary/aromatic N) is 1. The van der Waals surface area contributed by atoms with Gasteiger partial charge in [0.05, 0.1) is 6.04 Å². The zero-order chi connectivity index (χ0) is 14.6. The number of amides is 1. The second kappa shape index (κ2) is 6.87. The van der Waals surface area contributed by atoms with Crippen LogP contribution in [0.3, 0.4) is 0 Å². The molecule has 0 saturated heterocycles. The summed E-state index contributed by atoms with van der Waals surface area (Å²) in [5, 5.41) is 0.316. The van der Waals surface area contributed by atoms with Crippen molar-refractivity contribution in [2.75, 3.05) is 7.05 Å². The molecule has 0 heterocycles. The molecule has 1 aromatic carbocycles. The van der Waals surface area contributed by atoms with E-state index in [1.54, 1.807) is 13.1 Å². The minimum Gasteiger partial charge on any atom is -0.340 e. The molecule has 0 radical (unpaired) electrons. The maximum absolute atomic E-state index is 13.6.